The van der Waals surface area contributed by atoms with Crippen molar-refractivity contribution < 1.29 is 32.2 Å². The number of carbonyl (C=O) groups excluding carboxylic acids is 2. The lowest BCUT2D eigenvalue weighted by atomic mass is 9.84. The molecule has 2 aromatic heterocycles. The van der Waals surface area contributed by atoms with E-state index in [1.807, 2.05) is 21.7 Å². The molecule has 2 saturated carbocycles. The lowest BCUT2D eigenvalue weighted by Gasteiger charge is -2.45. The molecule has 0 radical (unpaired) electrons. The highest BCUT2D eigenvalue weighted by molar-refractivity contribution is 6.76. The molecule has 0 unspecified atom stereocenters. The van der Waals surface area contributed by atoms with Crippen molar-refractivity contribution in [3.63, 3.8) is 0 Å². The average Bonchev–Trinajstić information content (AvgIpc) is 3.68. The van der Waals surface area contributed by atoms with Gasteiger partial charge in [-0.2, -0.15) is 13.2 Å². The summed E-state index contributed by atoms with van der Waals surface area (Å²) in [6.45, 7) is 12.1. The first kappa shape index (κ1) is 33.6. The smallest absolute Gasteiger partial charge is 0.410 e. The number of carbonyl (C=O) groups is 2. The Morgan fingerprint density at radius 3 is 2.29 bits per heavy atom. The van der Waals surface area contributed by atoms with E-state index in [1.165, 1.54) is 0 Å². The van der Waals surface area contributed by atoms with Gasteiger partial charge in [-0.1, -0.05) is 19.6 Å². The van der Waals surface area contributed by atoms with Gasteiger partial charge in [0.1, 0.15) is 24.5 Å². The van der Waals surface area contributed by atoms with E-state index in [0.717, 1.165) is 53.3 Å². The summed E-state index contributed by atoms with van der Waals surface area (Å²) in [7, 11) is -1.21. The molecule has 1 aliphatic heterocycles. The van der Waals surface area contributed by atoms with Crippen molar-refractivity contribution in [2.45, 2.75) is 116 Å². The third-order valence-corrected chi connectivity index (χ3v) is 10.5. The van der Waals surface area contributed by atoms with Crippen LogP contribution in [0, 0.1) is 5.92 Å². The number of ether oxygens (including phenoxy) is 2. The molecule has 0 aromatic carbocycles. The SMILES string of the molecule is CC(C)(C)OC(=O)N(CC(F)(F)F)C[C@H]1CC[C@H](N2CN(C3CC3)C(=O)c3cnc4c(ccn4COCC[Si](C)(C)C)c32)CC1. The first-order valence-corrected chi connectivity index (χ1v) is 19.9. The van der Waals surface area contributed by atoms with E-state index >= 15 is 0 Å². The molecule has 3 aliphatic rings. The molecule has 9 nitrogen and oxygen atoms in total. The summed E-state index contributed by atoms with van der Waals surface area (Å²) in [5.41, 5.74) is 1.37. The number of anilines is 1. The minimum atomic E-state index is -4.51. The van der Waals surface area contributed by atoms with Gasteiger partial charge in [0.25, 0.3) is 5.91 Å². The molecule has 0 bridgehead atoms. The standard InChI is InChI=1S/C32H48F3N5O4Si/c1-31(2,3)44-30(42)38(19-32(33,34)35)18-22-7-9-23(10-8-22)39-20-40(24-11-12-24)29(41)26-17-36-28-25(27(26)39)13-14-37(28)21-43-15-16-45(4,5)6/h13-14,17,22-24H,7-12,15-16,18-21H2,1-6H3/t22-,23-. The predicted octanol–water partition coefficient (Wildman–Crippen LogP) is 7.09. The van der Waals surface area contributed by atoms with Gasteiger partial charge in [-0.05, 0) is 77.3 Å². The van der Waals surface area contributed by atoms with Crippen molar-refractivity contribution in [3.8, 4) is 0 Å². The number of alkyl halides is 3. The van der Waals surface area contributed by atoms with E-state index in [4.69, 9.17) is 14.5 Å². The first-order valence-electron chi connectivity index (χ1n) is 16.2. The zero-order chi connectivity index (χ0) is 32.7. The molecule has 3 heterocycles. The Balaban J connectivity index is 1.33. The van der Waals surface area contributed by atoms with Gasteiger partial charge in [-0.3, -0.25) is 9.69 Å². The summed E-state index contributed by atoms with van der Waals surface area (Å²) in [6, 6.07) is 3.42. The minimum absolute atomic E-state index is 0.000859. The fourth-order valence-electron chi connectivity index (χ4n) is 6.35. The molecule has 2 aliphatic carbocycles. The molecule has 0 spiro atoms. The van der Waals surface area contributed by atoms with Gasteiger partial charge in [0.2, 0.25) is 0 Å². The monoisotopic (exact) mass is 651 g/mol. The lowest BCUT2D eigenvalue weighted by Crippen LogP contribution is -2.53. The van der Waals surface area contributed by atoms with Crippen LogP contribution in [0.4, 0.5) is 23.7 Å². The van der Waals surface area contributed by atoms with E-state index in [9.17, 15) is 22.8 Å². The quantitative estimate of drug-likeness (QED) is 0.202. The number of fused-ring (bicyclic) bond motifs is 3. The number of halogens is 3. The van der Waals surface area contributed by atoms with E-state index in [1.54, 1.807) is 27.0 Å². The minimum Gasteiger partial charge on any atom is -0.444 e. The lowest BCUT2D eigenvalue weighted by molar-refractivity contribution is -0.146. The topological polar surface area (TPSA) is 80.1 Å². The van der Waals surface area contributed by atoms with Crippen LogP contribution in [-0.4, -0.2) is 89.7 Å². The molecule has 5 rings (SSSR count). The maximum atomic E-state index is 13.6. The van der Waals surface area contributed by atoms with Gasteiger partial charge in [0, 0.05) is 51.1 Å². The highest BCUT2D eigenvalue weighted by atomic mass is 28.3. The second kappa shape index (κ2) is 12.8. The van der Waals surface area contributed by atoms with Crippen LogP contribution in [0.5, 0.6) is 0 Å². The number of hydrogen-bond donors (Lipinski definition) is 0. The Hall–Kier alpha value is -2.80. The molecule has 13 heteroatoms. The van der Waals surface area contributed by atoms with Crippen molar-refractivity contribution in [2.75, 3.05) is 31.3 Å². The highest BCUT2D eigenvalue weighted by Crippen LogP contribution is 2.42. The molecular weight excluding hydrogens is 603 g/mol. The average molecular weight is 652 g/mol. The molecule has 250 valence electrons. The van der Waals surface area contributed by atoms with Gasteiger partial charge >= 0.3 is 12.3 Å². The molecule has 2 amide bonds. The number of rotatable bonds is 10. The maximum Gasteiger partial charge on any atom is 0.410 e. The number of aromatic nitrogens is 2. The largest absolute Gasteiger partial charge is 0.444 e. The summed E-state index contributed by atoms with van der Waals surface area (Å²) in [5, 5.41) is 0.911. The molecule has 45 heavy (non-hydrogen) atoms. The van der Waals surface area contributed by atoms with Crippen LogP contribution in [0.1, 0.15) is 69.7 Å². The summed E-state index contributed by atoms with van der Waals surface area (Å²) in [4.78, 5) is 36.1. The summed E-state index contributed by atoms with van der Waals surface area (Å²) in [6.07, 6.45) is 3.02. The molecular formula is C32H48F3N5O4Si. The Kier molecular flexibility index (Phi) is 9.52. The highest BCUT2D eigenvalue weighted by Gasteiger charge is 2.43. The van der Waals surface area contributed by atoms with E-state index in [-0.39, 0.29) is 30.5 Å². The first-order chi connectivity index (χ1) is 21.0. The predicted molar refractivity (Wildman–Crippen MR) is 170 cm³/mol. The maximum absolute atomic E-state index is 13.6. The van der Waals surface area contributed by atoms with Crippen LogP contribution in [0.3, 0.4) is 0 Å². The third kappa shape index (κ3) is 8.52. The third-order valence-electron chi connectivity index (χ3n) is 8.82. The Morgan fingerprint density at radius 1 is 1.04 bits per heavy atom. The van der Waals surface area contributed by atoms with E-state index in [0.29, 0.717) is 38.4 Å². The zero-order valence-corrected chi connectivity index (χ0v) is 28.5. The summed E-state index contributed by atoms with van der Waals surface area (Å²) in [5.74, 6) is -0.0699. The van der Waals surface area contributed by atoms with Crippen LogP contribution in [0.2, 0.25) is 25.7 Å². The number of amides is 2. The van der Waals surface area contributed by atoms with Crippen LogP contribution in [0.15, 0.2) is 18.5 Å². The van der Waals surface area contributed by atoms with Gasteiger partial charge in [0.05, 0.1) is 17.9 Å². The molecule has 0 saturated heterocycles. The normalized spacial score (nSPS) is 21.3. The van der Waals surface area contributed by atoms with Gasteiger partial charge in [0.15, 0.2) is 0 Å². The van der Waals surface area contributed by atoms with E-state index < -0.39 is 32.5 Å². The van der Waals surface area contributed by atoms with Gasteiger partial charge < -0.3 is 23.8 Å². The Bertz CT molecular complexity index is 1370. The molecule has 2 fully saturated rings. The van der Waals surface area contributed by atoms with Crippen molar-refractivity contribution in [2.24, 2.45) is 5.92 Å². The molecule has 0 atom stereocenters. The number of nitrogens with zero attached hydrogens (tertiary/aromatic N) is 5. The second-order valence-electron chi connectivity index (χ2n) is 15.2. The summed E-state index contributed by atoms with van der Waals surface area (Å²) < 4.78 is 53.5. The fraction of sp³-hybridized carbons (Fsp3) is 0.719. The second-order valence-corrected chi connectivity index (χ2v) is 20.8. The summed E-state index contributed by atoms with van der Waals surface area (Å²) >= 11 is 0. The zero-order valence-electron chi connectivity index (χ0n) is 27.5. The van der Waals surface area contributed by atoms with Crippen LogP contribution >= 0.6 is 0 Å². The van der Waals surface area contributed by atoms with Crippen molar-refractivity contribution >= 4 is 36.8 Å². The van der Waals surface area contributed by atoms with Crippen LogP contribution in [-0.2, 0) is 16.2 Å². The van der Waals surface area contributed by atoms with E-state index in [2.05, 4.69) is 24.5 Å². The molecule has 0 N–H and O–H groups in total. The van der Waals surface area contributed by atoms with Crippen molar-refractivity contribution in [1.29, 1.82) is 0 Å². The van der Waals surface area contributed by atoms with Crippen molar-refractivity contribution in [1.82, 2.24) is 19.4 Å². The Morgan fingerprint density at radius 2 is 1.69 bits per heavy atom. The fourth-order valence-corrected chi connectivity index (χ4v) is 7.11. The van der Waals surface area contributed by atoms with Gasteiger partial charge in [-0.15, -0.1) is 0 Å². The van der Waals surface area contributed by atoms with Gasteiger partial charge in [-0.25, -0.2) is 9.78 Å². The Labute approximate surface area is 265 Å². The molecule has 2 aromatic rings. The van der Waals surface area contributed by atoms with Crippen molar-refractivity contribution in [3.05, 3.63) is 24.0 Å². The number of hydrogen-bond acceptors (Lipinski definition) is 6. The van der Waals surface area contributed by atoms with Crippen LogP contribution in [0.25, 0.3) is 11.0 Å². The van der Waals surface area contributed by atoms with Crippen LogP contribution < -0.4 is 4.90 Å². The number of pyridine rings is 1.